The average Bonchev–Trinajstić information content (AvgIpc) is 2.98. The number of hydrogen-bond acceptors (Lipinski definition) is 3. The summed E-state index contributed by atoms with van der Waals surface area (Å²) in [4.78, 5) is 12.5. The molecule has 0 spiro atoms. The molecule has 1 fully saturated rings. The van der Waals surface area contributed by atoms with Gasteiger partial charge in [-0.15, -0.1) is 0 Å². The van der Waals surface area contributed by atoms with E-state index in [9.17, 15) is 4.79 Å². The van der Waals surface area contributed by atoms with Gasteiger partial charge in [-0.1, -0.05) is 19.3 Å². The van der Waals surface area contributed by atoms with Crippen molar-refractivity contribution in [1.29, 1.82) is 0 Å². The number of carbonyl (C=O) groups is 1. The van der Waals surface area contributed by atoms with E-state index in [-0.39, 0.29) is 17.5 Å². The molecule has 1 aromatic rings. The van der Waals surface area contributed by atoms with E-state index in [4.69, 9.17) is 4.42 Å². The number of amides is 1. The molecular formula is C17H26N2O2. The van der Waals surface area contributed by atoms with Crippen LogP contribution in [0.25, 0.3) is 0 Å². The minimum Gasteiger partial charge on any atom is -0.469 e. The molecule has 0 aromatic carbocycles. The van der Waals surface area contributed by atoms with Crippen LogP contribution in [0.3, 0.4) is 0 Å². The molecule has 1 heterocycles. The van der Waals surface area contributed by atoms with Crippen LogP contribution in [0.1, 0.15) is 68.7 Å². The molecule has 1 unspecified atom stereocenters. The van der Waals surface area contributed by atoms with E-state index < -0.39 is 0 Å². The number of aryl methyl sites for hydroxylation is 1. The predicted octanol–water partition coefficient (Wildman–Crippen LogP) is 3.09. The molecule has 0 bridgehead atoms. The van der Waals surface area contributed by atoms with E-state index in [1.54, 1.807) is 6.26 Å². The topological polar surface area (TPSA) is 54.3 Å². The van der Waals surface area contributed by atoms with Crippen molar-refractivity contribution in [3.05, 3.63) is 23.7 Å². The van der Waals surface area contributed by atoms with Crippen molar-refractivity contribution >= 4 is 5.91 Å². The number of rotatable bonds is 4. The summed E-state index contributed by atoms with van der Waals surface area (Å²) in [7, 11) is 1.99. The normalized spacial score (nSPS) is 24.3. The third-order valence-electron chi connectivity index (χ3n) is 5.23. The largest absolute Gasteiger partial charge is 0.469 e. The molecule has 1 atom stereocenters. The van der Waals surface area contributed by atoms with Gasteiger partial charge in [0.25, 0.3) is 0 Å². The second-order valence-corrected chi connectivity index (χ2v) is 6.58. The van der Waals surface area contributed by atoms with Crippen LogP contribution in [-0.4, -0.2) is 18.5 Å². The molecule has 4 nitrogen and oxygen atoms in total. The van der Waals surface area contributed by atoms with Crippen LogP contribution >= 0.6 is 0 Å². The summed E-state index contributed by atoms with van der Waals surface area (Å²) in [6.07, 6.45) is 11.4. The lowest BCUT2D eigenvalue weighted by atomic mass is 9.79. The van der Waals surface area contributed by atoms with Gasteiger partial charge in [-0.2, -0.15) is 0 Å². The number of hydrogen-bond donors (Lipinski definition) is 2. The highest BCUT2D eigenvalue weighted by Crippen LogP contribution is 2.33. The second kappa shape index (κ2) is 6.22. The Hall–Kier alpha value is -1.29. The van der Waals surface area contributed by atoms with Gasteiger partial charge in [0.05, 0.1) is 12.3 Å². The maximum Gasteiger partial charge on any atom is 0.222 e. The van der Waals surface area contributed by atoms with Crippen LogP contribution in [0.15, 0.2) is 16.7 Å². The zero-order valence-corrected chi connectivity index (χ0v) is 12.9. The minimum absolute atomic E-state index is 0.0101. The summed E-state index contributed by atoms with van der Waals surface area (Å²) >= 11 is 0. The van der Waals surface area contributed by atoms with Crippen LogP contribution < -0.4 is 10.6 Å². The molecule has 1 aromatic heterocycles. The van der Waals surface area contributed by atoms with Gasteiger partial charge in [-0.3, -0.25) is 4.79 Å². The van der Waals surface area contributed by atoms with Gasteiger partial charge in [-0.05, 0) is 38.8 Å². The summed E-state index contributed by atoms with van der Waals surface area (Å²) in [5, 5.41) is 6.65. The van der Waals surface area contributed by atoms with Gasteiger partial charge in [0.15, 0.2) is 0 Å². The fourth-order valence-corrected chi connectivity index (χ4v) is 3.93. The second-order valence-electron chi connectivity index (χ2n) is 6.58. The Balaban J connectivity index is 1.62. The lowest BCUT2D eigenvalue weighted by molar-refractivity contribution is -0.123. The molecule has 116 valence electrons. The van der Waals surface area contributed by atoms with Gasteiger partial charge in [-0.25, -0.2) is 0 Å². The predicted molar refractivity (Wildman–Crippen MR) is 82.0 cm³/mol. The van der Waals surface area contributed by atoms with Crippen LogP contribution in [0.2, 0.25) is 0 Å². The zero-order chi connectivity index (χ0) is 14.7. The lowest BCUT2D eigenvalue weighted by Crippen LogP contribution is -2.48. The SMILES string of the molecule is CNC1(CC(=O)NC2CCCc3occc32)CCCCC1. The van der Waals surface area contributed by atoms with Crippen molar-refractivity contribution < 1.29 is 9.21 Å². The van der Waals surface area contributed by atoms with Gasteiger partial charge in [0, 0.05) is 23.9 Å². The highest BCUT2D eigenvalue weighted by Gasteiger charge is 2.33. The first-order valence-electron chi connectivity index (χ1n) is 8.27. The minimum atomic E-state index is 0.0101. The Labute approximate surface area is 126 Å². The molecule has 0 radical (unpaired) electrons. The first kappa shape index (κ1) is 14.6. The van der Waals surface area contributed by atoms with E-state index >= 15 is 0 Å². The fraction of sp³-hybridized carbons (Fsp3) is 0.706. The molecule has 0 saturated heterocycles. The molecule has 2 N–H and O–H groups in total. The Morgan fingerprint density at radius 3 is 2.90 bits per heavy atom. The first-order chi connectivity index (χ1) is 10.2. The quantitative estimate of drug-likeness (QED) is 0.896. The Bertz CT molecular complexity index is 489. The first-order valence-corrected chi connectivity index (χ1v) is 8.27. The Morgan fingerprint density at radius 2 is 2.14 bits per heavy atom. The number of carbonyl (C=O) groups excluding carboxylic acids is 1. The van der Waals surface area contributed by atoms with E-state index in [1.807, 2.05) is 13.1 Å². The van der Waals surface area contributed by atoms with E-state index in [2.05, 4.69) is 10.6 Å². The van der Waals surface area contributed by atoms with Crippen LogP contribution in [0.5, 0.6) is 0 Å². The highest BCUT2D eigenvalue weighted by atomic mass is 16.3. The summed E-state index contributed by atoms with van der Waals surface area (Å²) in [6, 6.07) is 2.14. The summed E-state index contributed by atoms with van der Waals surface area (Å²) < 4.78 is 5.50. The van der Waals surface area contributed by atoms with Crippen molar-refractivity contribution in [2.75, 3.05) is 7.05 Å². The van der Waals surface area contributed by atoms with Crippen LogP contribution in [0, 0.1) is 0 Å². The van der Waals surface area contributed by atoms with Crippen molar-refractivity contribution in [3.8, 4) is 0 Å². The van der Waals surface area contributed by atoms with Crippen LogP contribution in [-0.2, 0) is 11.2 Å². The molecule has 2 aliphatic carbocycles. The monoisotopic (exact) mass is 290 g/mol. The molecule has 2 aliphatic rings. The average molecular weight is 290 g/mol. The zero-order valence-electron chi connectivity index (χ0n) is 12.9. The molecule has 3 rings (SSSR count). The molecule has 0 aliphatic heterocycles. The maximum atomic E-state index is 12.5. The number of fused-ring (bicyclic) bond motifs is 1. The van der Waals surface area contributed by atoms with Gasteiger partial charge >= 0.3 is 0 Å². The van der Waals surface area contributed by atoms with Crippen molar-refractivity contribution in [3.63, 3.8) is 0 Å². The molecule has 1 amide bonds. The number of furan rings is 1. The highest BCUT2D eigenvalue weighted by molar-refractivity contribution is 5.77. The number of nitrogens with one attached hydrogen (secondary N) is 2. The van der Waals surface area contributed by atoms with Gasteiger partial charge in [0.2, 0.25) is 5.91 Å². The summed E-state index contributed by atoms with van der Waals surface area (Å²) in [6.45, 7) is 0. The summed E-state index contributed by atoms with van der Waals surface area (Å²) in [5.74, 6) is 1.22. The fourth-order valence-electron chi connectivity index (χ4n) is 3.93. The third-order valence-corrected chi connectivity index (χ3v) is 5.23. The molecule has 21 heavy (non-hydrogen) atoms. The lowest BCUT2D eigenvalue weighted by Gasteiger charge is -2.37. The van der Waals surface area contributed by atoms with Crippen LogP contribution in [0.4, 0.5) is 0 Å². The maximum absolute atomic E-state index is 12.5. The standard InChI is InChI=1S/C17H26N2O2/c1-18-17(9-3-2-4-10-17)12-16(20)19-14-6-5-7-15-13(14)8-11-21-15/h8,11,14,18H,2-7,9-10,12H2,1H3,(H,19,20). The van der Waals surface area contributed by atoms with E-state index in [1.165, 1.54) is 24.8 Å². The van der Waals surface area contributed by atoms with Crippen molar-refractivity contribution in [1.82, 2.24) is 10.6 Å². The smallest absolute Gasteiger partial charge is 0.222 e. The Kier molecular flexibility index (Phi) is 4.34. The van der Waals surface area contributed by atoms with Crippen molar-refractivity contribution in [2.24, 2.45) is 0 Å². The van der Waals surface area contributed by atoms with E-state index in [0.717, 1.165) is 37.9 Å². The van der Waals surface area contributed by atoms with Gasteiger partial charge < -0.3 is 15.1 Å². The van der Waals surface area contributed by atoms with Crippen molar-refractivity contribution in [2.45, 2.75) is 69.4 Å². The molecule has 4 heteroatoms. The summed E-state index contributed by atoms with van der Waals surface area (Å²) in [5.41, 5.74) is 1.19. The molecular weight excluding hydrogens is 264 g/mol. The molecule has 1 saturated carbocycles. The van der Waals surface area contributed by atoms with Gasteiger partial charge in [0.1, 0.15) is 5.76 Å². The third kappa shape index (κ3) is 3.15. The van der Waals surface area contributed by atoms with E-state index in [0.29, 0.717) is 6.42 Å². The Morgan fingerprint density at radius 1 is 1.33 bits per heavy atom.